The molecule has 0 aromatic heterocycles. The fraction of sp³-hybridized carbons (Fsp3) is 0.200. The second-order valence-corrected chi connectivity index (χ2v) is 9.41. The number of Topliss-reactive ketones (excluding diaryl/α,β-unsaturated/α-hetero) is 1. The van der Waals surface area contributed by atoms with Gasteiger partial charge in [0.25, 0.3) is 0 Å². The maximum Gasteiger partial charge on any atom is 0.243 e. The molecular formula is C30H27ClN2O2. The third-order valence-corrected chi connectivity index (χ3v) is 7.13. The van der Waals surface area contributed by atoms with Crippen molar-refractivity contribution in [3.63, 3.8) is 0 Å². The second kappa shape index (κ2) is 10.3. The van der Waals surface area contributed by atoms with Crippen LogP contribution in [0.5, 0.6) is 0 Å². The first-order valence-electron chi connectivity index (χ1n) is 11.9. The van der Waals surface area contributed by atoms with E-state index in [1.54, 1.807) is 0 Å². The third kappa shape index (κ3) is 4.80. The lowest BCUT2D eigenvalue weighted by Gasteiger charge is -2.30. The van der Waals surface area contributed by atoms with Crippen molar-refractivity contribution >= 4 is 23.3 Å². The predicted molar refractivity (Wildman–Crippen MR) is 139 cm³/mol. The highest BCUT2D eigenvalue weighted by molar-refractivity contribution is 6.30. The number of amides is 1. The smallest absolute Gasteiger partial charge is 0.243 e. The van der Waals surface area contributed by atoms with Gasteiger partial charge in [-0.1, -0.05) is 96.5 Å². The molecule has 1 amide bonds. The Morgan fingerprint density at radius 3 is 2.26 bits per heavy atom. The highest BCUT2D eigenvalue weighted by Gasteiger charge is 2.53. The molecule has 0 unspecified atom stereocenters. The van der Waals surface area contributed by atoms with Gasteiger partial charge < -0.3 is 10.2 Å². The molecule has 176 valence electrons. The van der Waals surface area contributed by atoms with Crippen LogP contribution >= 0.6 is 11.6 Å². The van der Waals surface area contributed by atoms with Crippen LogP contribution in [0.4, 0.5) is 0 Å². The van der Waals surface area contributed by atoms with Crippen molar-refractivity contribution < 1.29 is 9.59 Å². The summed E-state index contributed by atoms with van der Waals surface area (Å²) in [6.07, 6.45) is 8.60. The summed E-state index contributed by atoms with van der Waals surface area (Å²) in [5, 5.41) is 3.76. The van der Waals surface area contributed by atoms with Crippen molar-refractivity contribution in [1.82, 2.24) is 10.2 Å². The number of halogens is 1. The van der Waals surface area contributed by atoms with Gasteiger partial charge in [0.15, 0.2) is 5.78 Å². The molecule has 5 rings (SSSR count). The van der Waals surface area contributed by atoms with Gasteiger partial charge in [0.1, 0.15) is 6.04 Å². The topological polar surface area (TPSA) is 49.4 Å². The van der Waals surface area contributed by atoms with Crippen molar-refractivity contribution in [2.75, 3.05) is 6.54 Å². The van der Waals surface area contributed by atoms with E-state index in [1.165, 1.54) is 5.56 Å². The summed E-state index contributed by atoms with van der Waals surface area (Å²) in [6, 6.07) is 26.3. The van der Waals surface area contributed by atoms with Crippen molar-refractivity contribution in [2.45, 2.75) is 24.4 Å². The van der Waals surface area contributed by atoms with Crippen LogP contribution in [0.2, 0.25) is 5.02 Å². The van der Waals surface area contributed by atoms with E-state index in [2.05, 4.69) is 17.4 Å². The van der Waals surface area contributed by atoms with Crippen molar-refractivity contribution in [1.29, 1.82) is 0 Å². The van der Waals surface area contributed by atoms with E-state index in [9.17, 15) is 9.59 Å². The number of benzene rings is 3. The number of hydrogen-bond donors (Lipinski definition) is 1. The van der Waals surface area contributed by atoms with Gasteiger partial charge in [-0.2, -0.15) is 0 Å². The van der Waals surface area contributed by atoms with E-state index in [0.29, 0.717) is 17.1 Å². The SMILES string of the molecule is O=C(c1ccccc1)[C@H]1[C@H](c2ccc(Cl)cc2)[C@H](C(=O)NCCc2ccccc2)N2C=CC=C[C@H]12. The Morgan fingerprint density at radius 2 is 1.54 bits per heavy atom. The maximum absolute atomic E-state index is 13.9. The van der Waals surface area contributed by atoms with Gasteiger partial charge in [-0.15, -0.1) is 0 Å². The number of nitrogens with one attached hydrogen (secondary N) is 1. The minimum Gasteiger partial charge on any atom is -0.358 e. The lowest BCUT2D eigenvalue weighted by atomic mass is 9.77. The highest BCUT2D eigenvalue weighted by atomic mass is 35.5. The molecule has 0 radical (unpaired) electrons. The highest BCUT2D eigenvalue weighted by Crippen LogP contribution is 2.46. The molecule has 5 heteroatoms. The molecule has 1 N–H and O–H groups in total. The van der Waals surface area contributed by atoms with Gasteiger partial charge >= 0.3 is 0 Å². The molecule has 2 aliphatic rings. The largest absolute Gasteiger partial charge is 0.358 e. The van der Waals surface area contributed by atoms with Gasteiger partial charge in [0.05, 0.1) is 12.0 Å². The van der Waals surface area contributed by atoms with Crippen LogP contribution in [0.15, 0.2) is 109 Å². The lowest BCUT2D eigenvalue weighted by Crippen LogP contribution is -2.46. The van der Waals surface area contributed by atoms with Gasteiger partial charge in [-0.05, 0) is 35.8 Å². The summed E-state index contributed by atoms with van der Waals surface area (Å²) in [5.41, 5.74) is 2.76. The third-order valence-electron chi connectivity index (χ3n) is 6.88. The molecule has 0 saturated carbocycles. The Bertz CT molecular complexity index is 1240. The number of fused-ring (bicyclic) bond motifs is 1. The Balaban J connectivity index is 1.49. The molecule has 0 spiro atoms. The molecule has 3 aromatic carbocycles. The number of carbonyl (C=O) groups is 2. The Kier molecular flexibility index (Phi) is 6.82. The fourth-order valence-corrected chi connectivity index (χ4v) is 5.39. The van der Waals surface area contributed by atoms with Crippen LogP contribution in [0, 0.1) is 5.92 Å². The number of ketones is 1. The summed E-state index contributed by atoms with van der Waals surface area (Å²) in [6.45, 7) is 0.530. The van der Waals surface area contributed by atoms with Gasteiger partial charge in [0, 0.05) is 29.2 Å². The molecule has 2 aliphatic heterocycles. The van der Waals surface area contributed by atoms with Crippen molar-refractivity contribution in [3.05, 3.63) is 131 Å². The zero-order valence-corrected chi connectivity index (χ0v) is 20.0. The summed E-state index contributed by atoms with van der Waals surface area (Å²) in [4.78, 5) is 29.6. The number of hydrogen-bond acceptors (Lipinski definition) is 3. The molecule has 1 saturated heterocycles. The van der Waals surface area contributed by atoms with Crippen LogP contribution in [-0.2, 0) is 11.2 Å². The van der Waals surface area contributed by atoms with Crippen molar-refractivity contribution in [2.24, 2.45) is 5.92 Å². The van der Waals surface area contributed by atoms with Gasteiger partial charge in [0.2, 0.25) is 5.91 Å². The Hall–Kier alpha value is -3.63. The normalized spacial score (nSPS) is 22.6. The van der Waals surface area contributed by atoms with E-state index in [0.717, 1.165) is 12.0 Å². The summed E-state index contributed by atoms with van der Waals surface area (Å²) in [7, 11) is 0. The standard InChI is InChI=1S/C30H27ClN2O2/c31-24-16-14-22(15-17-24)26-27(29(34)23-11-5-2-6-12-23)25-13-7-8-20-33(25)28(26)30(35)32-19-18-21-9-3-1-4-10-21/h1-17,20,25-28H,18-19H2,(H,32,35)/t25-,26+,27-,28-/m1/s1. The molecule has 2 heterocycles. The monoisotopic (exact) mass is 482 g/mol. The molecule has 35 heavy (non-hydrogen) atoms. The minimum absolute atomic E-state index is 0.0417. The molecule has 0 aliphatic carbocycles. The van der Waals surface area contributed by atoms with Gasteiger partial charge in [-0.25, -0.2) is 0 Å². The lowest BCUT2D eigenvalue weighted by molar-refractivity contribution is -0.125. The zero-order valence-electron chi connectivity index (χ0n) is 19.3. The predicted octanol–water partition coefficient (Wildman–Crippen LogP) is 5.42. The van der Waals surface area contributed by atoms with E-state index in [4.69, 9.17) is 11.6 Å². The molecular weight excluding hydrogens is 456 g/mol. The van der Waals surface area contributed by atoms with Crippen LogP contribution in [0.1, 0.15) is 27.4 Å². The quantitative estimate of drug-likeness (QED) is 0.457. The van der Waals surface area contributed by atoms with Crippen LogP contribution < -0.4 is 5.32 Å². The first-order valence-corrected chi connectivity index (χ1v) is 12.3. The van der Waals surface area contributed by atoms with Crippen molar-refractivity contribution in [3.8, 4) is 0 Å². The van der Waals surface area contributed by atoms with Crippen LogP contribution in [0.25, 0.3) is 0 Å². The van der Waals surface area contributed by atoms with E-state index in [1.807, 2.05) is 102 Å². The Morgan fingerprint density at radius 1 is 0.857 bits per heavy atom. The van der Waals surface area contributed by atoms with Crippen LogP contribution in [-0.4, -0.2) is 35.2 Å². The number of carbonyl (C=O) groups excluding carboxylic acids is 2. The number of nitrogens with zero attached hydrogens (tertiary/aromatic N) is 1. The van der Waals surface area contributed by atoms with E-state index < -0.39 is 12.0 Å². The molecule has 3 aromatic rings. The molecule has 4 atom stereocenters. The second-order valence-electron chi connectivity index (χ2n) is 8.97. The summed E-state index contributed by atoms with van der Waals surface area (Å²) in [5.74, 6) is -0.770. The first kappa shape index (κ1) is 23.1. The Labute approximate surface area is 210 Å². The minimum atomic E-state index is -0.518. The summed E-state index contributed by atoms with van der Waals surface area (Å²) >= 11 is 6.18. The van der Waals surface area contributed by atoms with Crippen LogP contribution in [0.3, 0.4) is 0 Å². The average molecular weight is 483 g/mol. The molecule has 0 bridgehead atoms. The van der Waals surface area contributed by atoms with Gasteiger partial charge in [-0.3, -0.25) is 9.59 Å². The molecule has 1 fully saturated rings. The molecule has 4 nitrogen and oxygen atoms in total. The zero-order chi connectivity index (χ0) is 24.2. The fourth-order valence-electron chi connectivity index (χ4n) is 5.27. The van der Waals surface area contributed by atoms with E-state index >= 15 is 0 Å². The first-order chi connectivity index (χ1) is 17.1. The number of rotatable bonds is 7. The van der Waals surface area contributed by atoms with E-state index in [-0.39, 0.29) is 23.7 Å². The maximum atomic E-state index is 13.9. The number of allylic oxidation sites excluding steroid dienone is 2. The average Bonchev–Trinajstić information content (AvgIpc) is 3.25. The summed E-state index contributed by atoms with van der Waals surface area (Å²) < 4.78 is 0.